The Labute approximate surface area is 147 Å². The number of rotatable bonds is 6. The molecular formula is C14H24FNO10. The SMILES string of the molecule is CC(=O)N[C@H]1[C@@H](O[C@]2(CO)O[C@H](CO)[C@@H](F)[C@@H]2O)O[C@H](CO)[C@@H](O)[C@@H]1O. The molecule has 0 aliphatic carbocycles. The van der Waals surface area contributed by atoms with Crippen LogP contribution in [0.2, 0.25) is 0 Å². The van der Waals surface area contributed by atoms with Gasteiger partial charge in [-0.3, -0.25) is 4.79 Å². The van der Waals surface area contributed by atoms with Crippen LogP contribution >= 0.6 is 0 Å². The summed E-state index contributed by atoms with van der Waals surface area (Å²) in [7, 11) is 0. The summed E-state index contributed by atoms with van der Waals surface area (Å²) in [5.41, 5.74) is 0. The second-order valence-electron chi connectivity index (χ2n) is 6.25. The molecule has 0 aromatic heterocycles. The third-order valence-electron chi connectivity index (χ3n) is 4.43. The predicted molar refractivity (Wildman–Crippen MR) is 79.1 cm³/mol. The summed E-state index contributed by atoms with van der Waals surface area (Å²) in [5.74, 6) is -2.97. The lowest BCUT2D eigenvalue weighted by molar-refractivity contribution is -0.368. The van der Waals surface area contributed by atoms with Crippen LogP contribution < -0.4 is 5.32 Å². The Kier molecular flexibility index (Phi) is 6.87. The second-order valence-corrected chi connectivity index (χ2v) is 6.25. The molecule has 0 unspecified atom stereocenters. The third kappa shape index (κ3) is 3.83. The van der Waals surface area contributed by atoms with Crippen molar-refractivity contribution in [3.8, 4) is 0 Å². The monoisotopic (exact) mass is 385 g/mol. The van der Waals surface area contributed by atoms with Crippen molar-refractivity contribution < 1.29 is 54.0 Å². The van der Waals surface area contributed by atoms with Crippen molar-refractivity contribution in [1.82, 2.24) is 5.32 Å². The molecule has 0 saturated carbocycles. The molecule has 0 bridgehead atoms. The van der Waals surface area contributed by atoms with Crippen molar-refractivity contribution in [1.29, 1.82) is 0 Å². The largest absolute Gasteiger partial charge is 0.394 e. The lowest BCUT2D eigenvalue weighted by Gasteiger charge is -2.45. The highest BCUT2D eigenvalue weighted by molar-refractivity contribution is 5.73. The molecule has 2 fully saturated rings. The Morgan fingerprint density at radius 2 is 1.77 bits per heavy atom. The zero-order valence-corrected chi connectivity index (χ0v) is 13.9. The Balaban J connectivity index is 2.28. The quantitative estimate of drug-likeness (QED) is 0.237. The fourth-order valence-electron chi connectivity index (χ4n) is 3.01. The highest BCUT2D eigenvalue weighted by atomic mass is 19.1. The van der Waals surface area contributed by atoms with E-state index in [0.29, 0.717) is 0 Å². The number of carbonyl (C=O) groups is 1. The van der Waals surface area contributed by atoms with Gasteiger partial charge in [-0.15, -0.1) is 0 Å². The number of nitrogens with one attached hydrogen (secondary N) is 1. The highest BCUT2D eigenvalue weighted by Gasteiger charge is 2.59. The summed E-state index contributed by atoms with van der Waals surface area (Å²) in [6.45, 7) is -1.44. The van der Waals surface area contributed by atoms with Gasteiger partial charge in [-0.25, -0.2) is 4.39 Å². The first-order valence-electron chi connectivity index (χ1n) is 7.99. The van der Waals surface area contributed by atoms with Crippen LogP contribution in [0.5, 0.6) is 0 Å². The topological polar surface area (TPSA) is 178 Å². The van der Waals surface area contributed by atoms with Gasteiger partial charge in [-0.1, -0.05) is 0 Å². The van der Waals surface area contributed by atoms with E-state index in [1.807, 2.05) is 0 Å². The molecule has 2 rings (SSSR count). The first-order valence-corrected chi connectivity index (χ1v) is 7.99. The third-order valence-corrected chi connectivity index (χ3v) is 4.43. The maximum atomic E-state index is 14.0. The summed E-state index contributed by atoms with van der Waals surface area (Å²) in [6, 6.07) is -1.38. The number of alkyl halides is 1. The molecule has 0 aromatic carbocycles. The Hall–Kier alpha value is -0.960. The zero-order valence-electron chi connectivity index (χ0n) is 13.9. The maximum absolute atomic E-state index is 14.0. The Morgan fingerprint density at radius 3 is 2.23 bits per heavy atom. The van der Waals surface area contributed by atoms with Crippen LogP contribution in [-0.4, -0.2) is 111 Å². The fourth-order valence-corrected chi connectivity index (χ4v) is 3.01. The number of aliphatic hydroxyl groups excluding tert-OH is 6. The second kappa shape index (κ2) is 8.37. The van der Waals surface area contributed by atoms with Crippen LogP contribution in [0.1, 0.15) is 6.92 Å². The van der Waals surface area contributed by atoms with Crippen LogP contribution in [0.3, 0.4) is 0 Å². The van der Waals surface area contributed by atoms with Crippen molar-refractivity contribution in [3.63, 3.8) is 0 Å². The molecule has 11 nitrogen and oxygen atoms in total. The average molecular weight is 385 g/mol. The number of ether oxygens (including phenoxy) is 3. The van der Waals surface area contributed by atoms with Crippen LogP contribution in [0, 0.1) is 0 Å². The Bertz CT molecular complexity index is 498. The molecule has 0 radical (unpaired) electrons. The van der Waals surface area contributed by atoms with E-state index in [2.05, 4.69) is 5.32 Å². The van der Waals surface area contributed by atoms with Gasteiger partial charge in [0.25, 0.3) is 0 Å². The maximum Gasteiger partial charge on any atom is 0.224 e. The number of aliphatic hydroxyl groups is 6. The zero-order chi connectivity index (χ0) is 19.6. The van der Waals surface area contributed by atoms with Crippen molar-refractivity contribution in [2.45, 2.75) is 61.7 Å². The number of carbonyl (C=O) groups excluding carboxylic acids is 1. The summed E-state index contributed by atoms with van der Waals surface area (Å²) in [4.78, 5) is 11.4. The van der Waals surface area contributed by atoms with E-state index in [1.54, 1.807) is 0 Å². The lowest BCUT2D eigenvalue weighted by Crippen LogP contribution is -2.67. The van der Waals surface area contributed by atoms with Gasteiger partial charge in [0, 0.05) is 6.92 Å². The van der Waals surface area contributed by atoms with E-state index in [-0.39, 0.29) is 0 Å². The molecular weight excluding hydrogens is 361 g/mol. The summed E-state index contributed by atoms with van der Waals surface area (Å²) < 4.78 is 29.8. The number of halogens is 1. The van der Waals surface area contributed by atoms with Gasteiger partial charge < -0.3 is 50.2 Å². The van der Waals surface area contributed by atoms with E-state index in [0.717, 1.165) is 6.92 Å². The van der Waals surface area contributed by atoms with Gasteiger partial charge in [0.15, 0.2) is 12.5 Å². The van der Waals surface area contributed by atoms with Crippen molar-refractivity contribution in [2.24, 2.45) is 0 Å². The number of hydrogen-bond acceptors (Lipinski definition) is 10. The number of amides is 1. The van der Waals surface area contributed by atoms with Crippen LogP contribution in [0.25, 0.3) is 0 Å². The number of hydrogen-bond donors (Lipinski definition) is 7. The van der Waals surface area contributed by atoms with Crippen LogP contribution in [0.15, 0.2) is 0 Å². The first-order chi connectivity index (χ1) is 12.2. The molecule has 2 aliphatic heterocycles. The smallest absolute Gasteiger partial charge is 0.224 e. The van der Waals surface area contributed by atoms with Gasteiger partial charge in [0.05, 0.1) is 13.2 Å². The molecule has 2 aliphatic rings. The van der Waals surface area contributed by atoms with Crippen molar-refractivity contribution in [2.75, 3.05) is 19.8 Å². The molecule has 0 spiro atoms. The van der Waals surface area contributed by atoms with E-state index >= 15 is 0 Å². The van der Waals surface area contributed by atoms with Crippen molar-refractivity contribution in [3.05, 3.63) is 0 Å². The fraction of sp³-hybridized carbons (Fsp3) is 0.929. The molecule has 152 valence electrons. The molecule has 7 N–H and O–H groups in total. The molecule has 9 atom stereocenters. The summed E-state index contributed by atoms with van der Waals surface area (Å²) >= 11 is 0. The standard InChI is InChI=1S/C14H24FNO10/c1-5(20)16-9-11(22)10(21)7(3-18)24-13(9)26-14(4-19)12(23)8(15)6(2-17)25-14/h6-13,17-19,21-23H,2-4H2,1H3,(H,16,20)/t6-,7-,8-,9-,10-,11-,12+,13-,14+/m1/s1. The predicted octanol–water partition coefficient (Wildman–Crippen LogP) is -4.27. The Morgan fingerprint density at radius 1 is 1.15 bits per heavy atom. The van der Waals surface area contributed by atoms with E-state index in [4.69, 9.17) is 19.3 Å². The summed E-state index contributed by atoms with van der Waals surface area (Å²) in [5, 5.41) is 60.4. The first kappa shape index (κ1) is 21.3. The van der Waals surface area contributed by atoms with Gasteiger partial charge in [-0.2, -0.15) is 0 Å². The van der Waals surface area contributed by atoms with Crippen LogP contribution in [-0.2, 0) is 19.0 Å². The van der Waals surface area contributed by atoms with Crippen molar-refractivity contribution >= 4 is 5.91 Å². The minimum atomic E-state index is -2.35. The minimum Gasteiger partial charge on any atom is -0.394 e. The normalized spacial score (nSPS) is 46.3. The molecule has 2 heterocycles. The van der Waals surface area contributed by atoms with Gasteiger partial charge in [0.2, 0.25) is 11.7 Å². The van der Waals surface area contributed by atoms with Gasteiger partial charge in [-0.05, 0) is 0 Å². The average Bonchev–Trinajstić information content (AvgIpc) is 2.86. The minimum absolute atomic E-state index is 0.622. The van der Waals surface area contributed by atoms with Crippen LogP contribution in [0.4, 0.5) is 4.39 Å². The van der Waals surface area contributed by atoms with E-state index in [1.165, 1.54) is 0 Å². The lowest BCUT2D eigenvalue weighted by atomic mass is 9.96. The molecule has 2 saturated heterocycles. The summed E-state index contributed by atoms with van der Waals surface area (Å²) in [6.07, 6.45) is -11.7. The molecule has 1 amide bonds. The molecule has 12 heteroatoms. The van der Waals surface area contributed by atoms with E-state index in [9.17, 15) is 34.7 Å². The highest BCUT2D eigenvalue weighted by Crippen LogP contribution is 2.37. The van der Waals surface area contributed by atoms with Gasteiger partial charge >= 0.3 is 0 Å². The van der Waals surface area contributed by atoms with E-state index < -0.39 is 80.5 Å². The molecule has 26 heavy (non-hydrogen) atoms. The van der Waals surface area contributed by atoms with Gasteiger partial charge in [0.1, 0.15) is 43.2 Å². The molecule has 0 aromatic rings.